The average molecular weight is 173 g/mol. The molecule has 0 N–H and O–H groups in total. The minimum Gasteiger partial charge on any atom is -0.294 e. The Hall–Kier alpha value is -1.62. The molecule has 0 bridgehead atoms. The van der Waals surface area contributed by atoms with Crippen LogP contribution in [0.3, 0.4) is 0 Å². The highest BCUT2D eigenvalue weighted by Gasteiger charge is 2.09. The van der Waals surface area contributed by atoms with Gasteiger partial charge in [0.15, 0.2) is 5.78 Å². The fourth-order valence-corrected chi connectivity index (χ4v) is 1.07. The molecule has 1 atom stereocenters. The van der Waals surface area contributed by atoms with Crippen LogP contribution < -0.4 is 0 Å². The molecule has 0 heterocycles. The van der Waals surface area contributed by atoms with Gasteiger partial charge in [0, 0.05) is 12.0 Å². The molecule has 2 nitrogen and oxygen atoms in total. The minimum absolute atomic E-state index is 0.0367. The van der Waals surface area contributed by atoms with E-state index in [0.29, 0.717) is 12.0 Å². The van der Waals surface area contributed by atoms with E-state index in [0.717, 1.165) is 0 Å². The Balaban J connectivity index is 2.66. The lowest BCUT2D eigenvalue weighted by molar-refractivity contribution is 0.0973. The van der Waals surface area contributed by atoms with E-state index >= 15 is 0 Å². The molecule has 1 aromatic carbocycles. The molecule has 0 aliphatic heterocycles. The summed E-state index contributed by atoms with van der Waals surface area (Å²) in [7, 11) is 0. The van der Waals surface area contributed by atoms with Gasteiger partial charge in [-0.3, -0.25) is 4.79 Å². The van der Waals surface area contributed by atoms with Gasteiger partial charge in [0.1, 0.15) is 0 Å². The first-order valence-electron chi connectivity index (χ1n) is 4.22. The van der Waals surface area contributed by atoms with Gasteiger partial charge < -0.3 is 0 Å². The Morgan fingerprint density at radius 2 is 2.08 bits per heavy atom. The molecule has 0 aromatic heterocycles. The van der Waals surface area contributed by atoms with Crippen LogP contribution in [0.4, 0.5) is 0 Å². The number of nitrogens with zero attached hydrogens (tertiary/aromatic N) is 1. The van der Waals surface area contributed by atoms with Gasteiger partial charge in [-0.25, -0.2) is 0 Å². The SMILES string of the molecule is CC(C#N)CC(=O)c1ccccc1. The topological polar surface area (TPSA) is 40.9 Å². The maximum atomic E-state index is 11.5. The predicted molar refractivity (Wildman–Crippen MR) is 50.2 cm³/mol. The molecule has 66 valence electrons. The Morgan fingerprint density at radius 1 is 1.46 bits per heavy atom. The molecule has 0 saturated carbocycles. The van der Waals surface area contributed by atoms with Crippen LogP contribution in [0, 0.1) is 17.2 Å². The molecule has 0 spiro atoms. The number of ketones is 1. The zero-order valence-electron chi connectivity index (χ0n) is 7.53. The fourth-order valence-electron chi connectivity index (χ4n) is 1.07. The van der Waals surface area contributed by atoms with Crippen molar-refractivity contribution >= 4 is 5.78 Å². The van der Waals surface area contributed by atoms with Crippen molar-refractivity contribution in [3.63, 3.8) is 0 Å². The number of benzene rings is 1. The van der Waals surface area contributed by atoms with E-state index in [1.54, 1.807) is 19.1 Å². The van der Waals surface area contributed by atoms with E-state index < -0.39 is 0 Å². The van der Waals surface area contributed by atoms with Crippen LogP contribution in [0.25, 0.3) is 0 Å². The number of carbonyl (C=O) groups is 1. The molecule has 0 aliphatic carbocycles. The summed E-state index contributed by atoms with van der Waals surface area (Å²) in [6, 6.07) is 11.1. The van der Waals surface area contributed by atoms with Gasteiger partial charge in [0.25, 0.3) is 0 Å². The first-order chi connectivity index (χ1) is 6.24. The van der Waals surface area contributed by atoms with Crippen molar-refractivity contribution in [2.24, 2.45) is 5.92 Å². The van der Waals surface area contributed by atoms with Gasteiger partial charge in [-0.2, -0.15) is 5.26 Å². The van der Waals surface area contributed by atoms with Crippen LogP contribution in [0.1, 0.15) is 23.7 Å². The molecule has 1 aromatic rings. The standard InChI is InChI=1S/C11H11NO/c1-9(8-12)7-11(13)10-5-3-2-4-6-10/h2-6,9H,7H2,1H3. The Kier molecular flexibility index (Phi) is 3.22. The predicted octanol–water partition coefficient (Wildman–Crippen LogP) is 2.42. The van der Waals surface area contributed by atoms with Crippen LogP contribution >= 0.6 is 0 Å². The normalized spacial score (nSPS) is 11.7. The van der Waals surface area contributed by atoms with Crippen LogP contribution in [-0.4, -0.2) is 5.78 Å². The molecule has 1 unspecified atom stereocenters. The first-order valence-corrected chi connectivity index (χ1v) is 4.22. The van der Waals surface area contributed by atoms with Gasteiger partial charge >= 0.3 is 0 Å². The molecule has 0 amide bonds. The summed E-state index contributed by atoms with van der Waals surface area (Å²) >= 11 is 0. The second-order valence-electron chi connectivity index (χ2n) is 3.02. The van der Waals surface area contributed by atoms with Crippen molar-refractivity contribution in [1.29, 1.82) is 5.26 Å². The second kappa shape index (κ2) is 4.42. The van der Waals surface area contributed by atoms with E-state index in [1.165, 1.54) is 0 Å². The largest absolute Gasteiger partial charge is 0.294 e. The van der Waals surface area contributed by atoms with Gasteiger partial charge in [0.05, 0.1) is 12.0 Å². The zero-order chi connectivity index (χ0) is 9.68. The molecular weight excluding hydrogens is 162 g/mol. The van der Waals surface area contributed by atoms with E-state index in [4.69, 9.17) is 5.26 Å². The molecule has 0 radical (unpaired) electrons. The van der Waals surface area contributed by atoms with Gasteiger partial charge in [-0.05, 0) is 6.92 Å². The molecular formula is C11H11NO. The van der Waals surface area contributed by atoms with Crippen molar-refractivity contribution in [1.82, 2.24) is 0 Å². The maximum absolute atomic E-state index is 11.5. The first kappa shape index (κ1) is 9.47. The Morgan fingerprint density at radius 3 is 2.62 bits per heavy atom. The smallest absolute Gasteiger partial charge is 0.164 e. The van der Waals surface area contributed by atoms with Crippen LogP contribution in [0.15, 0.2) is 30.3 Å². The average Bonchev–Trinajstić information content (AvgIpc) is 2.19. The summed E-state index contributed by atoms with van der Waals surface area (Å²) in [6.45, 7) is 1.75. The van der Waals surface area contributed by atoms with E-state index in [9.17, 15) is 4.79 Å². The van der Waals surface area contributed by atoms with Crippen molar-refractivity contribution in [2.45, 2.75) is 13.3 Å². The third kappa shape index (κ3) is 2.72. The number of carbonyl (C=O) groups excluding carboxylic acids is 1. The number of Topliss-reactive ketones (excluding diaryl/α,β-unsaturated/α-hetero) is 1. The Bertz CT molecular complexity index is 324. The summed E-state index contributed by atoms with van der Waals surface area (Å²) < 4.78 is 0. The van der Waals surface area contributed by atoms with E-state index in [2.05, 4.69) is 0 Å². The maximum Gasteiger partial charge on any atom is 0.164 e. The van der Waals surface area contributed by atoms with Crippen molar-refractivity contribution < 1.29 is 4.79 Å². The second-order valence-corrected chi connectivity index (χ2v) is 3.02. The lowest BCUT2D eigenvalue weighted by atomic mass is 10.0. The third-order valence-electron chi connectivity index (χ3n) is 1.81. The highest BCUT2D eigenvalue weighted by atomic mass is 16.1. The highest BCUT2D eigenvalue weighted by Crippen LogP contribution is 2.08. The summed E-state index contributed by atoms with van der Waals surface area (Å²) in [5.41, 5.74) is 0.685. The van der Waals surface area contributed by atoms with Gasteiger partial charge in [-0.1, -0.05) is 30.3 Å². The highest BCUT2D eigenvalue weighted by molar-refractivity contribution is 5.96. The molecule has 1 rings (SSSR count). The van der Waals surface area contributed by atoms with Crippen molar-refractivity contribution in [3.8, 4) is 6.07 Å². The third-order valence-corrected chi connectivity index (χ3v) is 1.81. The molecule has 0 fully saturated rings. The van der Waals surface area contributed by atoms with Gasteiger partial charge in [-0.15, -0.1) is 0 Å². The Labute approximate surface area is 77.8 Å². The monoisotopic (exact) mass is 173 g/mol. The van der Waals surface area contributed by atoms with E-state index in [1.807, 2.05) is 24.3 Å². The van der Waals surface area contributed by atoms with Crippen LogP contribution in [-0.2, 0) is 0 Å². The van der Waals surface area contributed by atoms with Crippen LogP contribution in [0.2, 0.25) is 0 Å². The van der Waals surface area contributed by atoms with E-state index in [-0.39, 0.29) is 11.7 Å². The molecule has 0 saturated heterocycles. The summed E-state index contributed by atoms with van der Waals surface area (Å²) in [6.07, 6.45) is 0.306. The molecule has 2 heteroatoms. The quantitative estimate of drug-likeness (QED) is 0.658. The number of hydrogen-bond acceptors (Lipinski definition) is 2. The summed E-state index contributed by atoms with van der Waals surface area (Å²) in [4.78, 5) is 11.5. The number of hydrogen-bond donors (Lipinski definition) is 0. The number of rotatable bonds is 3. The lowest BCUT2D eigenvalue weighted by Crippen LogP contribution is -2.03. The number of nitriles is 1. The lowest BCUT2D eigenvalue weighted by Gasteiger charge is -2.00. The van der Waals surface area contributed by atoms with Crippen molar-refractivity contribution in [2.75, 3.05) is 0 Å². The van der Waals surface area contributed by atoms with Gasteiger partial charge in [0.2, 0.25) is 0 Å². The zero-order valence-corrected chi connectivity index (χ0v) is 7.53. The minimum atomic E-state index is -0.201. The van der Waals surface area contributed by atoms with Crippen LogP contribution in [0.5, 0.6) is 0 Å². The summed E-state index contributed by atoms with van der Waals surface area (Å²) in [5, 5.41) is 8.53. The molecule has 0 aliphatic rings. The summed E-state index contributed by atoms with van der Waals surface area (Å²) in [5.74, 6) is -0.164. The molecule has 13 heavy (non-hydrogen) atoms. The fraction of sp³-hybridized carbons (Fsp3) is 0.273. The van der Waals surface area contributed by atoms with Crippen molar-refractivity contribution in [3.05, 3.63) is 35.9 Å².